The van der Waals surface area contributed by atoms with Crippen LogP contribution in [0.3, 0.4) is 0 Å². The van der Waals surface area contributed by atoms with Crippen LogP contribution in [0.15, 0.2) is 12.1 Å². The van der Waals surface area contributed by atoms with Crippen LogP contribution >= 0.6 is 11.6 Å². The van der Waals surface area contributed by atoms with Crippen LogP contribution < -0.4 is 16.4 Å². The zero-order chi connectivity index (χ0) is 13.9. The number of anilines is 2. The highest BCUT2D eigenvalue weighted by Gasteiger charge is 2.26. The molecule has 0 unspecified atom stereocenters. The number of hydrogen-bond donors (Lipinski definition) is 3. The third kappa shape index (κ3) is 3.26. The standard InChI is InChI=1S/C12H17ClFN3O/c1-12(2,11(18)16-3)6-17-10-5-8(14)7(13)4-9(10)15/h4-5,17H,6,15H2,1-3H3,(H,16,18). The molecular weight excluding hydrogens is 257 g/mol. The Kier molecular flexibility index (Phi) is 4.40. The summed E-state index contributed by atoms with van der Waals surface area (Å²) in [5.74, 6) is -0.658. The Hall–Kier alpha value is -1.49. The highest BCUT2D eigenvalue weighted by molar-refractivity contribution is 6.31. The molecule has 1 aromatic rings. The van der Waals surface area contributed by atoms with Gasteiger partial charge in [0.15, 0.2) is 0 Å². The predicted octanol–water partition coefficient (Wildman–Crippen LogP) is 2.25. The Morgan fingerprint density at radius 2 is 2.11 bits per heavy atom. The molecule has 0 aliphatic rings. The van der Waals surface area contributed by atoms with E-state index in [4.69, 9.17) is 17.3 Å². The molecule has 6 heteroatoms. The monoisotopic (exact) mass is 273 g/mol. The summed E-state index contributed by atoms with van der Waals surface area (Å²) in [6.45, 7) is 3.89. The molecule has 0 aliphatic heterocycles. The van der Waals surface area contributed by atoms with Gasteiger partial charge < -0.3 is 16.4 Å². The molecule has 0 heterocycles. The fraction of sp³-hybridized carbons (Fsp3) is 0.417. The van der Waals surface area contributed by atoms with Crippen molar-refractivity contribution in [2.75, 3.05) is 24.6 Å². The molecule has 1 rings (SSSR count). The molecule has 4 N–H and O–H groups in total. The van der Waals surface area contributed by atoms with Crippen LogP contribution in [-0.2, 0) is 4.79 Å². The van der Waals surface area contributed by atoms with Crippen LogP contribution in [0.5, 0.6) is 0 Å². The molecule has 1 aromatic carbocycles. The highest BCUT2D eigenvalue weighted by Crippen LogP contribution is 2.27. The van der Waals surface area contributed by atoms with Crippen LogP contribution in [0.2, 0.25) is 5.02 Å². The normalized spacial score (nSPS) is 11.2. The highest BCUT2D eigenvalue weighted by atomic mass is 35.5. The lowest BCUT2D eigenvalue weighted by molar-refractivity contribution is -0.128. The van der Waals surface area contributed by atoms with Crippen molar-refractivity contribution in [1.29, 1.82) is 0 Å². The molecule has 0 bridgehead atoms. The number of nitrogen functional groups attached to an aromatic ring is 1. The van der Waals surface area contributed by atoms with Crippen LogP contribution in [0, 0.1) is 11.2 Å². The lowest BCUT2D eigenvalue weighted by Gasteiger charge is -2.24. The van der Waals surface area contributed by atoms with Gasteiger partial charge in [0.05, 0.1) is 21.8 Å². The van der Waals surface area contributed by atoms with Gasteiger partial charge in [-0.15, -0.1) is 0 Å². The second kappa shape index (κ2) is 5.44. The molecule has 18 heavy (non-hydrogen) atoms. The second-order valence-electron chi connectivity index (χ2n) is 4.67. The average molecular weight is 274 g/mol. The zero-order valence-corrected chi connectivity index (χ0v) is 11.4. The summed E-state index contributed by atoms with van der Waals surface area (Å²) in [5, 5.41) is 5.50. The number of carbonyl (C=O) groups is 1. The molecule has 0 spiro atoms. The number of carbonyl (C=O) groups excluding carboxylic acids is 1. The summed E-state index contributed by atoms with van der Waals surface area (Å²) in [6.07, 6.45) is 0. The molecule has 100 valence electrons. The summed E-state index contributed by atoms with van der Waals surface area (Å²) in [4.78, 5) is 11.6. The van der Waals surface area contributed by atoms with E-state index >= 15 is 0 Å². The fourth-order valence-corrected chi connectivity index (χ4v) is 1.62. The molecule has 1 amide bonds. The maximum Gasteiger partial charge on any atom is 0.227 e. The quantitative estimate of drug-likeness (QED) is 0.737. The second-order valence-corrected chi connectivity index (χ2v) is 5.08. The summed E-state index contributed by atoms with van der Waals surface area (Å²) >= 11 is 5.60. The predicted molar refractivity (Wildman–Crippen MR) is 72.2 cm³/mol. The lowest BCUT2D eigenvalue weighted by atomic mass is 9.92. The topological polar surface area (TPSA) is 67.2 Å². The Balaban J connectivity index is 2.81. The van der Waals surface area contributed by atoms with Gasteiger partial charge in [-0.3, -0.25) is 4.79 Å². The summed E-state index contributed by atoms with van der Waals surface area (Å²) in [5.41, 5.74) is 5.85. The molecule has 0 radical (unpaired) electrons. The smallest absolute Gasteiger partial charge is 0.227 e. The summed E-state index contributed by atoms with van der Waals surface area (Å²) in [6, 6.07) is 2.56. The van der Waals surface area contributed by atoms with E-state index in [1.807, 2.05) is 0 Å². The van der Waals surface area contributed by atoms with Gasteiger partial charge in [-0.1, -0.05) is 11.6 Å². The van der Waals surface area contributed by atoms with Crippen molar-refractivity contribution >= 4 is 28.9 Å². The van der Waals surface area contributed by atoms with Crippen molar-refractivity contribution in [2.24, 2.45) is 5.41 Å². The summed E-state index contributed by atoms with van der Waals surface area (Å²) in [7, 11) is 1.57. The van der Waals surface area contributed by atoms with E-state index in [-0.39, 0.29) is 10.9 Å². The van der Waals surface area contributed by atoms with Crippen molar-refractivity contribution in [2.45, 2.75) is 13.8 Å². The molecule has 0 saturated carbocycles. The number of rotatable bonds is 4. The molecule has 0 aliphatic carbocycles. The minimum atomic E-state index is -0.628. The number of benzene rings is 1. The first-order chi connectivity index (χ1) is 8.27. The van der Waals surface area contributed by atoms with Crippen molar-refractivity contribution in [3.05, 3.63) is 23.0 Å². The third-order valence-corrected chi connectivity index (χ3v) is 2.94. The van der Waals surface area contributed by atoms with E-state index in [9.17, 15) is 9.18 Å². The van der Waals surface area contributed by atoms with Crippen molar-refractivity contribution in [3.63, 3.8) is 0 Å². The van der Waals surface area contributed by atoms with Gasteiger partial charge in [-0.05, 0) is 19.9 Å². The SMILES string of the molecule is CNC(=O)C(C)(C)CNc1cc(F)c(Cl)cc1N. The van der Waals surface area contributed by atoms with Crippen LogP contribution in [0.4, 0.5) is 15.8 Å². The van der Waals surface area contributed by atoms with Crippen LogP contribution in [-0.4, -0.2) is 19.5 Å². The molecule has 0 fully saturated rings. The van der Waals surface area contributed by atoms with Gasteiger partial charge in [0, 0.05) is 19.7 Å². The third-order valence-electron chi connectivity index (χ3n) is 2.65. The Bertz CT molecular complexity index is 463. The van der Waals surface area contributed by atoms with Gasteiger partial charge in [0.2, 0.25) is 5.91 Å². The zero-order valence-electron chi connectivity index (χ0n) is 10.6. The van der Waals surface area contributed by atoms with Crippen molar-refractivity contribution in [3.8, 4) is 0 Å². The van der Waals surface area contributed by atoms with Crippen LogP contribution in [0.25, 0.3) is 0 Å². The first-order valence-corrected chi connectivity index (χ1v) is 5.86. The summed E-state index contributed by atoms with van der Waals surface area (Å²) < 4.78 is 13.3. The number of hydrogen-bond acceptors (Lipinski definition) is 3. The van der Waals surface area contributed by atoms with Gasteiger partial charge >= 0.3 is 0 Å². The first kappa shape index (κ1) is 14.6. The number of amides is 1. The van der Waals surface area contributed by atoms with Gasteiger partial charge in [-0.25, -0.2) is 4.39 Å². The minimum absolute atomic E-state index is 0.0244. The molecule has 0 atom stereocenters. The van der Waals surface area contributed by atoms with Gasteiger partial charge in [0.1, 0.15) is 5.82 Å². The molecule has 4 nitrogen and oxygen atoms in total. The number of nitrogens with two attached hydrogens (primary N) is 1. The van der Waals surface area contributed by atoms with E-state index in [0.29, 0.717) is 17.9 Å². The maximum atomic E-state index is 13.3. The minimum Gasteiger partial charge on any atom is -0.397 e. The first-order valence-electron chi connectivity index (χ1n) is 5.48. The van der Waals surface area contributed by atoms with E-state index in [0.717, 1.165) is 0 Å². The Labute approximate surface area is 111 Å². The van der Waals surface area contributed by atoms with Gasteiger partial charge in [-0.2, -0.15) is 0 Å². The Morgan fingerprint density at radius 3 is 2.67 bits per heavy atom. The van der Waals surface area contributed by atoms with E-state index in [2.05, 4.69) is 10.6 Å². The largest absolute Gasteiger partial charge is 0.397 e. The molecule has 0 aromatic heterocycles. The molecule has 0 saturated heterocycles. The average Bonchev–Trinajstić information content (AvgIpc) is 2.31. The van der Waals surface area contributed by atoms with E-state index in [1.54, 1.807) is 20.9 Å². The lowest BCUT2D eigenvalue weighted by Crippen LogP contribution is -2.39. The van der Waals surface area contributed by atoms with Gasteiger partial charge in [0.25, 0.3) is 0 Å². The van der Waals surface area contributed by atoms with E-state index < -0.39 is 11.2 Å². The maximum absolute atomic E-state index is 13.3. The number of halogens is 2. The number of nitrogens with one attached hydrogen (secondary N) is 2. The van der Waals surface area contributed by atoms with Crippen molar-refractivity contribution in [1.82, 2.24) is 5.32 Å². The fourth-order valence-electron chi connectivity index (χ4n) is 1.45. The Morgan fingerprint density at radius 1 is 1.50 bits per heavy atom. The van der Waals surface area contributed by atoms with Crippen molar-refractivity contribution < 1.29 is 9.18 Å². The van der Waals surface area contributed by atoms with E-state index in [1.165, 1.54) is 12.1 Å². The van der Waals surface area contributed by atoms with Crippen LogP contribution in [0.1, 0.15) is 13.8 Å². The molecular formula is C12H17ClFN3O.